The van der Waals surface area contributed by atoms with E-state index in [0.29, 0.717) is 19.5 Å². The van der Waals surface area contributed by atoms with Crippen LogP contribution in [0.25, 0.3) is 0 Å². The number of rotatable bonds is 3. The second-order valence-electron chi connectivity index (χ2n) is 7.99. The molecule has 1 aromatic rings. The van der Waals surface area contributed by atoms with Gasteiger partial charge in [0.05, 0.1) is 0 Å². The largest absolute Gasteiger partial charge is 0.341 e. The highest BCUT2D eigenvalue weighted by Crippen LogP contribution is 2.41. The fraction of sp³-hybridized carbons (Fsp3) is 0.550. The highest BCUT2D eigenvalue weighted by molar-refractivity contribution is 6.09. The summed E-state index contributed by atoms with van der Waals surface area (Å²) in [6.45, 7) is 2.99. The predicted octanol–water partition coefficient (Wildman–Crippen LogP) is 1.39. The van der Waals surface area contributed by atoms with Gasteiger partial charge in [-0.2, -0.15) is 0 Å². The molecule has 2 saturated heterocycles. The lowest BCUT2D eigenvalue weighted by Crippen LogP contribution is -2.49. The third-order valence-corrected chi connectivity index (χ3v) is 6.27. The molecular weight excluding hydrogens is 380 g/mol. The highest BCUT2D eigenvalue weighted by atomic mass is 35.5. The van der Waals surface area contributed by atoms with E-state index in [9.17, 15) is 14.4 Å². The van der Waals surface area contributed by atoms with E-state index in [-0.39, 0.29) is 42.7 Å². The molecule has 0 saturated carbocycles. The number of piperidine rings is 1. The van der Waals surface area contributed by atoms with Gasteiger partial charge in [0.1, 0.15) is 12.1 Å². The number of hydrogen-bond acceptors (Lipinski definition) is 4. The van der Waals surface area contributed by atoms with Crippen molar-refractivity contribution < 1.29 is 14.4 Å². The van der Waals surface area contributed by atoms with Crippen LogP contribution in [0.4, 0.5) is 4.79 Å². The molecule has 0 bridgehead atoms. The summed E-state index contributed by atoms with van der Waals surface area (Å²) in [6.07, 6.45) is 3.18. The second-order valence-corrected chi connectivity index (χ2v) is 7.99. The Balaban J connectivity index is 0.00000225. The van der Waals surface area contributed by atoms with Gasteiger partial charge in [0.2, 0.25) is 5.91 Å². The first-order chi connectivity index (χ1) is 12.9. The van der Waals surface area contributed by atoms with Crippen molar-refractivity contribution in [3.63, 3.8) is 0 Å². The molecule has 3 unspecified atom stereocenters. The van der Waals surface area contributed by atoms with E-state index >= 15 is 0 Å². The number of aryl methyl sites for hydroxylation is 1. The number of carbonyl (C=O) groups excluding carboxylic acids is 3. The SMILES string of the molecule is CC(N)C1CCCN(C(=O)CN2C(=O)NC3(CCc4ccccc43)C2=O)C1.Cl. The monoisotopic (exact) mass is 406 g/mol. The third-order valence-electron chi connectivity index (χ3n) is 6.27. The Labute approximate surface area is 171 Å². The van der Waals surface area contributed by atoms with Crippen molar-refractivity contribution in [1.29, 1.82) is 0 Å². The van der Waals surface area contributed by atoms with Crippen molar-refractivity contribution in [2.45, 2.75) is 44.2 Å². The molecule has 4 amide bonds. The Kier molecular flexibility index (Phi) is 5.68. The zero-order valence-electron chi connectivity index (χ0n) is 16.0. The molecule has 3 N–H and O–H groups in total. The molecule has 152 valence electrons. The fourth-order valence-electron chi connectivity index (χ4n) is 4.63. The van der Waals surface area contributed by atoms with E-state index in [4.69, 9.17) is 5.73 Å². The molecule has 1 aromatic carbocycles. The minimum atomic E-state index is -1.01. The number of likely N-dealkylation sites (tertiary alicyclic amines) is 1. The minimum Gasteiger partial charge on any atom is -0.341 e. The molecule has 3 atom stereocenters. The normalized spacial score (nSPS) is 27.4. The number of halogens is 1. The van der Waals surface area contributed by atoms with E-state index in [1.807, 2.05) is 31.2 Å². The molecule has 4 rings (SSSR count). The molecule has 28 heavy (non-hydrogen) atoms. The third kappa shape index (κ3) is 3.26. The van der Waals surface area contributed by atoms with Gasteiger partial charge in [0.25, 0.3) is 5.91 Å². The van der Waals surface area contributed by atoms with Crippen molar-refractivity contribution in [2.75, 3.05) is 19.6 Å². The Morgan fingerprint density at radius 1 is 1.36 bits per heavy atom. The molecule has 0 radical (unpaired) electrons. The number of hydrogen-bond donors (Lipinski definition) is 2. The summed E-state index contributed by atoms with van der Waals surface area (Å²) in [5.41, 5.74) is 6.92. The van der Waals surface area contributed by atoms with Crippen molar-refractivity contribution in [1.82, 2.24) is 15.1 Å². The first-order valence-electron chi connectivity index (χ1n) is 9.68. The van der Waals surface area contributed by atoms with Gasteiger partial charge >= 0.3 is 6.03 Å². The summed E-state index contributed by atoms with van der Waals surface area (Å²) in [4.78, 5) is 41.3. The number of nitrogens with zero attached hydrogens (tertiary/aromatic N) is 2. The van der Waals surface area contributed by atoms with Gasteiger partial charge in [-0.3, -0.25) is 14.5 Å². The molecule has 2 heterocycles. The summed E-state index contributed by atoms with van der Waals surface area (Å²) in [7, 11) is 0. The van der Waals surface area contributed by atoms with Gasteiger partial charge in [-0.15, -0.1) is 12.4 Å². The van der Waals surface area contributed by atoms with Crippen LogP contribution in [-0.4, -0.2) is 53.3 Å². The van der Waals surface area contributed by atoms with Gasteiger partial charge in [-0.05, 0) is 49.7 Å². The van der Waals surface area contributed by atoms with E-state index in [1.165, 1.54) is 0 Å². The maximum absolute atomic E-state index is 13.1. The van der Waals surface area contributed by atoms with Crippen LogP contribution in [0.5, 0.6) is 0 Å². The fourth-order valence-corrected chi connectivity index (χ4v) is 4.63. The molecule has 0 aromatic heterocycles. The van der Waals surface area contributed by atoms with Crippen molar-refractivity contribution in [2.24, 2.45) is 11.7 Å². The molecule has 2 aliphatic heterocycles. The topological polar surface area (TPSA) is 95.7 Å². The van der Waals surface area contributed by atoms with E-state index in [2.05, 4.69) is 5.32 Å². The predicted molar refractivity (Wildman–Crippen MR) is 107 cm³/mol. The Bertz CT molecular complexity index is 799. The standard InChI is InChI=1S/C20H26N4O3.ClH/c1-13(21)15-6-4-10-23(11-15)17(25)12-24-18(26)20(22-19(24)27)9-8-14-5-2-3-7-16(14)20;/h2-3,5,7,13,15H,4,6,8-12,21H2,1H3,(H,22,27);1H. The Morgan fingerprint density at radius 2 is 2.11 bits per heavy atom. The highest BCUT2D eigenvalue weighted by Gasteiger charge is 2.55. The first kappa shape index (κ1) is 20.6. The van der Waals surface area contributed by atoms with E-state index in [0.717, 1.165) is 35.3 Å². The Hall–Kier alpha value is -2.12. The quantitative estimate of drug-likeness (QED) is 0.741. The Morgan fingerprint density at radius 3 is 2.86 bits per heavy atom. The molecule has 1 aliphatic carbocycles. The van der Waals surface area contributed by atoms with Crippen molar-refractivity contribution in [3.05, 3.63) is 35.4 Å². The number of carbonyl (C=O) groups is 3. The lowest BCUT2D eigenvalue weighted by Gasteiger charge is -2.35. The van der Waals surface area contributed by atoms with Crippen LogP contribution in [0.3, 0.4) is 0 Å². The van der Waals surface area contributed by atoms with Crippen LogP contribution >= 0.6 is 12.4 Å². The van der Waals surface area contributed by atoms with Crippen LogP contribution in [0.15, 0.2) is 24.3 Å². The van der Waals surface area contributed by atoms with Gasteiger partial charge < -0.3 is 16.0 Å². The maximum Gasteiger partial charge on any atom is 0.325 e. The molecule has 8 heteroatoms. The van der Waals surface area contributed by atoms with Gasteiger partial charge in [0, 0.05) is 19.1 Å². The lowest BCUT2D eigenvalue weighted by molar-refractivity contribution is -0.140. The van der Waals surface area contributed by atoms with Gasteiger partial charge in [0.15, 0.2) is 0 Å². The van der Waals surface area contributed by atoms with Crippen LogP contribution in [0, 0.1) is 5.92 Å². The number of imide groups is 1. The number of fused-ring (bicyclic) bond motifs is 2. The summed E-state index contributed by atoms with van der Waals surface area (Å²) < 4.78 is 0. The zero-order valence-corrected chi connectivity index (χ0v) is 16.8. The average Bonchev–Trinajstić information content (AvgIpc) is 3.15. The van der Waals surface area contributed by atoms with Crippen LogP contribution in [0.2, 0.25) is 0 Å². The molecule has 3 aliphatic rings. The molecule has 1 spiro atoms. The maximum atomic E-state index is 13.1. The lowest BCUT2D eigenvalue weighted by atomic mass is 9.91. The van der Waals surface area contributed by atoms with E-state index in [1.54, 1.807) is 4.90 Å². The van der Waals surface area contributed by atoms with Gasteiger partial charge in [-0.1, -0.05) is 24.3 Å². The molecule has 7 nitrogen and oxygen atoms in total. The summed E-state index contributed by atoms with van der Waals surface area (Å²) in [5.74, 6) is -0.238. The first-order valence-corrected chi connectivity index (χ1v) is 9.68. The summed E-state index contributed by atoms with van der Waals surface area (Å²) >= 11 is 0. The number of benzene rings is 1. The second kappa shape index (κ2) is 7.72. The number of nitrogens with one attached hydrogen (secondary N) is 1. The van der Waals surface area contributed by atoms with Crippen molar-refractivity contribution in [3.8, 4) is 0 Å². The minimum absolute atomic E-state index is 0. The van der Waals surface area contributed by atoms with Crippen LogP contribution < -0.4 is 11.1 Å². The smallest absolute Gasteiger partial charge is 0.325 e. The van der Waals surface area contributed by atoms with Crippen LogP contribution in [0.1, 0.15) is 37.3 Å². The van der Waals surface area contributed by atoms with Crippen LogP contribution in [-0.2, 0) is 21.5 Å². The summed E-state index contributed by atoms with van der Waals surface area (Å²) in [6, 6.07) is 7.23. The number of urea groups is 1. The average molecular weight is 407 g/mol. The number of amides is 4. The zero-order chi connectivity index (χ0) is 19.2. The van der Waals surface area contributed by atoms with Gasteiger partial charge in [-0.25, -0.2) is 4.79 Å². The number of nitrogens with two attached hydrogens (primary N) is 1. The molecular formula is C20H27ClN4O3. The van der Waals surface area contributed by atoms with E-state index < -0.39 is 11.6 Å². The molecule has 2 fully saturated rings. The van der Waals surface area contributed by atoms with Crippen molar-refractivity contribution >= 4 is 30.3 Å². The summed E-state index contributed by atoms with van der Waals surface area (Å²) in [5, 5.41) is 2.87.